The molecule has 0 unspecified atom stereocenters. The molecular weight excluding hydrogens is 298 g/mol. The number of nitrogens with zero attached hydrogens (tertiary/aromatic N) is 1. The number of thiophene rings is 1. The molecule has 1 aromatic heterocycles. The summed E-state index contributed by atoms with van der Waals surface area (Å²) < 4.78 is 16.4. The Hall–Kier alpha value is -1.72. The molecule has 2 aromatic rings. The lowest BCUT2D eigenvalue weighted by Crippen LogP contribution is -2.29. The molecule has 0 radical (unpaired) electrons. The van der Waals surface area contributed by atoms with Crippen molar-refractivity contribution in [3.63, 3.8) is 0 Å². The minimum atomic E-state index is 0.663. The van der Waals surface area contributed by atoms with Crippen molar-refractivity contribution in [1.29, 1.82) is 0 Å². The summed E-state index contributed by atoms with van der Waals surface area (Å²) >= 11 is 1.86. The molecule has 22 heavy (non-hydrogen) atoms. The number of fused-ring (bicyclic) bond motifs is 1. The number of rotatable bonds is 5. The van der Waals surface area contributed by atoms with E-state index in [4.69, 9.17) is 14.2 Å². The van der Waals surface area contributed by atoms with Crippen LogP contribution in [0.4, 0.5) is 0 Å². The molecule has 0 aliphatic carbocycles. The quantitative estimate of drug-likeness (QED) is 0.846. The van der Waals surface area contributed by atoms with E-state index in [9.17, 15) is 0 Å². The van der Waals surface area contributed by atoms with Crippen molar-refractivity contribution in [2.45, 2.75) is 19.5 Å². The van der Waals surface area contributed by atoms with Gasteiger partial charge in [0.2, 0.25) is 5.75 Å². The summed E-state index contributed by atoms with van der Waals surface area (Å²) in [5.74, 6) is 2.12. The monoisotopic (exact) mass is 319 g/mol. The second-order valence-corrected chi connectivity index (χ2v) is 6.32. The van der Waals surface area contributed by atoms with Gasteiger partial charge in [-0.1, -0.05) is 6.07 Å². The van der Waals surface area contributed by atoms with Crippen LogP contribution < -0.4 is 14.2 Å². The molecule has 4 nitrogen and oxygen atoms in total. The second kappa shape index (κ2) is 6.58. The fourth-order valence-corrected chi connectivity index (χ4v) is 3.86. The molecule has 1 aliphatic heterocycles. The summed E-state index contributed by atoms with van der Waals surface area (Å²) in [6, 6.07) is 6.23. The van der Waals surface area contributed by atoms with Crippen molar-refractivity contribution >= 4 is 11.3 Å². The normalized spacial score (nSPS) is 14.5. The highest BCUT2D eigenvalue weighted by Crippen LogP contribution is 2.40. The van der Waals surface area contributed by atoms with Crippen LogP contribution in [0.1, 0.15) is 16.0 Å². The number of benzene rings is 1. The smallest absolute Gasteiger partial charge is 0.203 e. The lowest BCUT2D eigenvalue weighted by atomic mass is 10.1. The molecule has 3 rings (SSSR count). The van der Waals surface area contributed by atoms with Crippen LogP contribution >= 0.6 is 11.3 Å². The van der Waals surface area contributed by atoms with Crippen LogP contribution in [0.15, 0.2) is 23.6 Å². The predicted octanol–water partition coefficient (Wildman–Crippen LogP) is 3.33. The zero-order chi connectivity index (χ0) is 15.5. The first-order valence-electron chi connectivity index (χ1n) is 7.32. The summed E-state index contributed by atoms with van der Waals surface area (Å²) in [6.07, 6.45) is 1.13. The third kappa shape index (κ3) is 2.78. The second-order valence-electron chi connectivity index (χ2n) is 5.32. The standard InChI is InChI=1S/C17H21NO3S/c1-19-14-5-4-13(16(20-2)17(14)21-3)11-18-8-6-15-12(10-18)7-9-22-15/h4-5,7,9H,6,8,10-11H2,1-3H3. The van der Waals surface area contributed by atoms with Crippen LogP contribution in [0.5, 0.6) is 17.2 Å². The molecule has 0 saturated carbocycles. The molecule has 1 aliphatic rings. The van der Waals surface area contributed by atoms with Gasteiger partial charge in [-0.25, -0.2) is 0 Å². The Labute approximate surface area is 135 Å². The van der Waals surface area contributed by atoms with Crippen molar-refractivity contribution in [1.82, 2.24) is 4.90 Å². The molecule has 0 bridgehead atoms. The molecule has 0 fully saturated rings. The lowest BCUT2D eigenvalue weighted by molar-refractivity contribution is 0.241. The van der Waals surface area contributed by atoms with Crippen LogP contribution in [0.25, 0.3) is 0 Å². The summed E-state index contributed by atoms with van der Waals surface area (Å²) in [6.45, 7) is 2.92. The van der Waals surface area contributed by atoms with E-state index in [1.165, 1.54) is 10.4 Å². The van der Waals surface area contributed by atoms with Gasteiger partial charge in [0.15, 0.2) is 11.5 Å². The maximum Gasteiger partial charge on any atom is 0.203 e. The van der Waals surface area contributed by atoms with E-state index in [0.717, 1.165) is 37.4 Å². The Balaban J connectivity index is 1.84. The number of methoxy groups -OCH3 is 3. The van der Waals surface area contributed by atoms with E-state index in [0.29, 0.717) is 11.5 Å². The van der Waals surface area contributed by atoms with Crippen LogP contribution in [-0.2, 0) is 19.5 Å². The van der Waals surface area contributed by atoms with Gasteiger partial charge < -0.3 is 14.2 Å². The van der Waals surface area contributed by atoms with E-state index >= 15 is 0 Å². The van der Waals surface area contributed by atoms with E-state index < -0.39 is 0 Å². The van der Waals surface area contributed by atoms with Gasteiger partial charge in [-0.2, -0.15) is 0 Å². The van der Waals surface area contributed by atoms with E-state index in [-0.39, 0.29) is 0 Å². The van der Waals surface area contributed by atoms with Gasteiger partial charge in [0.25, 0.3) is 0 Å². The first-order valence-corrected chi connectivity index (χ1v) is 8.20. The zero-order valence-electron chi connectivity index (χ0n) is 13.2. The van der Waals surface area contributed by atoms with Gasteiger partial charge in [0, 0.05) is 30.1 Å². The Kier molecular flexibility index (Phi) is 4.55. The Bertz CT molecular complexity index is 653. The summed E-state index contributed by atoms with van der Waals surface area (Å²) in [5, 5.41) is 2.19. The third-order valence-electron chi connectivity index (χ3n) is 4.07. The molecule has 0 amide bonds. The summed E-state index contributed by atoms with van der Waals surface area (Å²) in [7, 11) is 4.95. The summed E-state index contributed by atoms with van der Waals surface area (Å²) in [4.78, 5) is 3.97. The fourth-order valence-electron chi connectivity index (χ4n) is 2.97. The van der Waals surface area contributed by atoms with E-state index in [1.807, 2.05) is 17.4 Å². The Morgan fingerprint density at radius 1 is 1.05 bits per heavy atom. The zero-order valence-corrected chi connectivity index (χ0v) is 14.0. The SMILES string of the molecule is COc1ccc(CN2CCc3sccc3C2)c(OC)c1OC. The molecule has 5 heteroatoms. The minimum Gasteiger partial charge on any atom is -0.493 e. The van der Waals surface area contributed by atoms with Crippen molar-refractivity contribution < 1.29 is 14.2 Å². The van der Waals surface area contributed by atoms with E-state index in [2.05, 4.69) is 22.4 Å². The molecule has 0 saturated heterocycles. The van der Waals surface area contributed by atoms with Gasteiger partial charge in [-0.15, -0.1) is 11.3 Å². The molecule has 118 valence electrons. The minimum absolute atomic E-state index is 0.663. The Morgan fingerprint density at radius 3 is 2.59 bits per heavy atom. The maximum atomic E-state index is 5.58. The number of hydrogen-bond acceptors (Lipinski definition) is 5. The van der Waals surface area contributed by atoms with Gasteiger partial charge in [-0.3, -0.25) is 4.90 Å². The summed E-state index contributed by atoms with van der Waals surface area (Å²) in [5.41, 5.74) is 2.58. The highest BCUT2D eigenvalue weighted by molar-refractivity contribution is 7.10. The van der Waals surface area contributed by atoms with Gasteiger partial charge in [0.05, 0.1) is 21.3 Å². The fraction of sp³-hybridized carbons (Fsp3) is 0.412. The molecular formula is C17H21NO3S. The first-order chi connectivity index (χ1) is 10.8. The molecule has 0 atom stereocenters. The lowest BCUT2D eigenvalue weighted by Gasteiger charge is -2.27. The predicted molar refractivity (Wildman–Crippen MR) is 88.2 cm³/mol. The van der Waals surface area contributed by atoms with Gasteiger partial charge >= 0.3 is 0 Å². The van der Waals surface area contributed by atoms with Crippen LogP contribution in [0, 0.1) is 0 Å². The van der Waals surface area contributed by atoms with Gasteiger partial charge in [-0.05, 0) is 29.5 Å². The van der Waals surface area contributed by atoms with E-state index in [1.54, 1.807) is 21.3 Å². The average Bonchev–Trinajstić information content (AvgIpc) is 3.01. The van der Waals surface area contributed by atoms with Crippen molar-refractivity contribution in [3.05, 3.63) is 39.6 Å². The number of hydrogen-bond donors (Lipinski definition) is 0. The highest BCUT2D eigenvalue weighted by atomic mass is 32.1. The van der Waals surface area contributed by atoms with Crippen molar-refractivity contribution in [2.24, 2.45) is 0 Å². The maximum absolute atomic E-state index is 5.58. The topological polar surface area (TPSA) is 30.9 Å². The third-order valence-corrected chi connectivity index (χ3v) is 5.09. The van der Waals surface area contributed by atoms with Gasteiger partial charge in [0.1, 0.15) is 0 Å². The van der Waals surface area contributed by atoms with Crippen LogP contribution in [0.3, 0.4) is 0 Å². The largest absolute Gasteiger partial charge is 0.493 e. The molecule has 0 N–H and O–H groups in total. The van der Waals surface area contributed by atoms with Crippen molar-refractivity contribution in [3.8, 4) is 17.2 Å². The molecule has 0 spiro atoms. The molecule has 2 heterocycles. The van der Waals surface area contributed by atoms with Crippen molar-refractivity contribution in [2.75, 3.05) is 27.9 Å². The van der Waals surface area contributed by atoms with Crippen LogP contribution in [0.2, 0.25) is 0 Å². The highest BCUT2D eigenvalue weighted by Gasteiger charge is 2.21. The molecule has 1 aromatic carbocycles. The first kappa shape index (κ1) is 15.2. The Morgan fingerprint density at radius 2 is 1.86 bits per heavy atom. The average molecular weight is 319 g/mol. The van der Waals surface area contributed by atoms with Crippen LogP contribution in [-0.4, -0.2) is 32.8 Å². The number of ether oxygens (including phenoxy) is 3.